The molecular weight excluding hydrogens is 416 g/mol. The third-order valence-corrected chi connectivity index (χ3v) is 4.64. The molecule has 8 heteroatoms. The number of hydrogen-bond donors (Lipinski definition) is 3. The number of halogens is 1. The topological polar surface area (TPSA) is 105 Å². The van der Waals surface area contributed by atoms with Crippen LogP contribution < -0.4 is 10.8 Å². The van der Waals surface area contributed by atoms with Crippen molar-refractivity contribution in [3.8, 4) is 0 Å². The first-order valence-corrected chi connectivity index (χ1v) is 9.80. The van der Waals surface area contributed by atoms with E-state index in [4.69, 9.17) is 9.94 Å². The molecule has 0 aliphatic heterocycles. The van der Waals surface area contributed by atoms with Gasteiger partial charge in [-0.05, 0) is 30.5 Å². The summed E-state index contributed by atoms with van der Waals surface area (Å²) in [7, 11) is 1.31. The number of ether oxygens (including phenoxy) is 1. The molecule has 1 atom stereocenters. The van der Waals surface area contributed by atoms with Gasteiger partial charge in [-0.1, -0.05) is 47.3 Å². The molecule has 0 aliphatic rings. The first kappa shape index (κ1) is 23.1. The fourth-order valence-corrected chi connectivity index (χ4v) is 2.88. The van der Waals surface area contributed by atoms with Gasteiger partial charge in [-0.25, -0.2) is 10.3 Å². The molecule has 7 nitrogen and oxygen atoms in total. The Morgan fingerprint density at radius 2 is 1.56 bits per heavy atom. The minimum Gasteiger partial charge on any atom is -0.467 e. The van der Waals surface area contributed by atoms with E-state index in [1.807, 2.05) is 24.3 Å². The Morgan fingerprint density at radius 3 is 2.11 bits per heavy atom. The first-order chi connectivity index (χ1) is 13.0. The summed E-state index contributed by atoms with van der Waals surface area (Å²) in [5.41, 5.74) is 2.53. The maximum atomic E-state index is 12.1. The van der Waals surface area contributed by atoms with Gasteiger partial charge in [-0.3, -0.25) is 14.8 Å². The number of unbranched alkanes of at least 4 members (excludes halogenated alkanes) is 4. The summed E-state index contributed by atoms with van der Waals surface area (Å²) in [5, 5.41) is 11.1. The molecule has 1 aromatic carbocycles. The number of hydrogen-bond acceptors (Lipinski definition) is 5. The fraction of sp³-hybridized carbons (Fsp3) is 0.526. The Kier molecular flexibility index (Phi) is 11.4. The van der Waals surface area contributed by atoms with E-state index in [9.17, 15) is 14.4 Å². The fourth-order valence-electron chi connectivity index (χ4n) is 2.62. The summed E-state index contributed by atoms with van der Waals surface area (Å²) in [6, 6.07) is 6.85. The molecule has 0 bridgehead atoms. The van der Waals surface area contributed by atoms with Gasteiger partial charge < -0.3 is 10.1 Å². The average molecular weight is 443 g/mol. The number of esters is 1. The van der Waals surface area contributed by atoms with Crippen LogP contribution in [-0.2, 0) is 25.5 Å². The van der Waals surface area contributed by atoms with Crippen molar-refractivity contribution in [3.05, 3.63) is 34.3 Å². The van der Waals surface area contributed by atoms with Crippen LogP contribution in [0.3, 0.4) is 0 Å². The second kappa shape index (κ2) is 13.3. The van der Waals surface area contributed by atoms with E-state index in [-0.39, 0.29) is 11.8 Å². The Labute approximate surface area is 167 Å². The third-order valence-electron chi connectivity index (χ3n) is 4.11. The van der Waals surface area contributed by atoms with Gasteiger partial charge in [0.05, 0.1) is 7.11 Å². The zero-order chi connectivity index (χ0) is 20.1. The molecule has 0 fully saturated rings. The largest absolute Gasteiger partial charge is 0.467 e. The zero-order valence-electron chi connectivity index (χ0n) is 15.5. The number of rotatable bonds is 12. The summed E-state index contributed by atoms with van der Waals surface area (Å²) in [5.74, 6) is -1.02. The van der Waals surface area contributed by atoms with E-state index in [1.54, 1.807) is 5.48 Å². The highest BCUT2D eigenvalue weighted by atomic mass is 79.9. The van der Waals surface area contributed by atoms with Crippen LogP contribution in [0.4, 0.5) is 0 Å². The van der Waals surface area contributed by atoms with Crippen LogP contribution in [0.2, 0.25) is 0 Å². The average Bonchev–Trinajstić information content (AvgIpc) is 2.67. The van der Waals surface area contributed by atoms with Crippen molar-refractivity contribution in [2.45, 2.75) is 57.4 Å². The van der Waals surface area contributed by atoms with Gasteiger partial charge in [0.15, 0.2) is 0 Å². The lowest BCUT2D eigenvalue weighted by atomic mass is 10.1. The predicted molar refractivity (Wildman–Crippen MR) is 104 cm³/mol. The van der Waals surface area contributed by atoms with Crippen molar-refractivity contribution < 1.29 is 24.3 Å². The normalized spacial score (nSPS) is 11.5. The number of carbonyl (C=O) groups excluding carboxylic acids is 3. The molecule has 2 amide bonds. The number of hydroxylamine groups is 1. The van der Waals surface area contributed by atoms with Gasteiger partial charge in [-0.15, -0.1) is 0 Å². The van der Waals surface area contributed by atoms with Crippen LogP contribution in [0.25, 0.3) is 0 Å². The molecule has 3 N–H and O–H groups in total. The van der Waals surface area contributed by atoms with Crippen LogP contribution >= 0.6 is 15.9 Å². The van der Waals surface area contributed by atoms with E-state index in [0.717, 1.165) is 29.3 Å². The molecule has 0 aliphatic carbocycles. The van der Waals surface area contributed by atoms with E-state index in [1.165, 1.54) is 7.11 Å². The summed E-state index contributed by atoms with van der Waals surface area (Å²) in [4.78, 5) is 34.9. The molecule has 150 valence electrons. The van der Waals surface area contributed by atoms with E-state index < -0.39 is 12.0 Å². The zero-order valence-corrected chi connectivity index (χ0v) is 17.1. The maximum absolute atomic E-state index is 12.1. The van der Waals surface area contributed by atoms with Crippen LogP contribution in [0.5, 0.6) is 0 Å². The Morgan fingerprint density at radius 1 is 1.00 bits per heavy atom. The molecule has 1 rings (SSSR count). The summed E-state index contributed by atoms with van der Waals surface area (Å²) < 4.78 is 5.74. The maximum Gasteiger partial charge on any atom is 0.328 e. The van der Waals surface area contributed by atoms with Crippen molar-refractivity contribution in [2.24, 2.45) is 0 Å². The molecule has 0 unspecified atom stereocenters. The Balaban J connectivity index is 2.32. The standard InChI is InChI=1S/C19H27BrN2O5/c1-27-19(25)16(13-14-9-11-15(20)12-10-14)21-17(23)7-5-3-2-4-6-8-18(24)22-26/h9-12,16,26H,2-8,13H2,1H3,(H,21,23)(H,22,24)/t16-/m0/s1. The molecule has 0 spiro atoms. The van der Waals surface area contributed by atoms with Gasteiger partial charge in [0.2, 0.25) is 11.8 Å². The number of methoxy groups -OCH3 is 1. The minimum absolute atomic E-state index is 0.179. The third kappa shape index (κ3) is 10.1. The van der Waals surface area contributed by atoms with Crippen molar-refractivity contribution in [1.29, 1.82) is 0 Å². The lowest BCUT2D eigenvalue weighted by Gasteiger charge is -2.16. The monoisotopic (exact) mass is 442 g/mol. The van der Waals surface area contributed by atoms with Crippen molar-refractivity contribution in [3.63, 3.8) is 0 Å². The SMILES string of the molecule is COC(=O)[C@H](Cc1ccc(Br)cc1)NC(=O)CCCCCCCC(=O)NO. The molecule has 0 heterocycles. The highest BCUT2D eigenvalue weighted by Gasteiger charge is 2.21. The quantitative estimate of drug-likeness (QED) is 0.200. The number of carbonyl (C=O) groups is 3. The molecule has 0 aromatic heterocycles. The van der Waals surface area contributed by atoms with Crippen LogP contribution in [0, 0.1) is 0 Å². The van der Waals surface area contributed by atoms with Crippen LogP contribution in [0.1, 0.15) is 50.5 Å². The summed E-state index contributed by atoms with van der Waals surface area (Å²) >= 11 is 3.36. The van der Waals surface area contributed by atoms with Crippen molar-refractivity contribution >= 4 is 33.7 Å². The highest BCUT2D eigenvalue weighted by molar-refractivity contribution is 9.10. The summed E-state index contributed by atoms with van der Waals surface area (Å²) in [6.45, 7) is 0. The van der Waals surface area contributed by atoms with Crippen molar-refractivity contribution in [2.75, 3.05) is 7.11 Å². The molecule has 27 heavy (non-hydrogen) atoms. The van der Waals surface area contributed by atoms with E-state index >= 15 is 0 Å². The number of nitrogens with one attached hydrogen (secondary N) is 2. The van der Waals surface area contributed by atoms with Gasteiger partial charge in [0.1, 0.15) is 6.04 Å². The predicted octanol–water partition coefficient (Wildman–Crippen LogP) is 2.89. The van der Waals surface area contributed by atoms with Gasteiger partial charge in [0.25, 0.3) is 0 Å². The molecule has 0 radical (unpaired) electrons. The smallest absolute Gasteiger partial charge is 0.328 e. The van der Waals surface area contributed by atoms with Gasteiger partial charge >= 0.3 is 5.97 Å². The molecule has 0 saturated heterocycles. The second-order valence-electron chi connectivity index (χ2n) is 6.28. The van der Waals surface area contributed by atoms with Gasteiger partial charge in [0, 0.05) is 23.7 Å². The Hall–Kier alpha value is -1.93. The number of benzene rings is 1. The first-order valence-electron chi connectivity index (χ1n) is 9.00. The second-order valence-corrected chi connectivity index (χ2v) is 7.19. The van der Waals surface area contributed by atoms with Crippen molar-refractivity contribution in [1.82, 2.24) is 10.8 Å². The highest BCUT2D eigenvalue weighted by Crippen LogP contribution is 2.13. The van der Waals surface area contributed by atoms with Gasteiger partial charge in [-0.2, -0.15) is 0 Å². The van der Waals surface area contributed by atoms with E-state index in [2.05, 4.69) is 21.2 Å². The van der Waals surface area contributed by atoms with Crippen LogP contribution in [0.15, 0.2) is 28.7 Å². The summed E-state index contributed by atoms with van der Waals surface area (Å²) in [6.07, 6.45) is 5.07. The van der Waals surface area contributed by atoms with Crippen LogP contribution in [-0.4, -0.2) is 36.1 Å². The number of amides is 2. The van der Waals surface area contributed by atoms with E-state index in [0.29, 0.717) is 32.1 Å². The lowest BCUT2D eigenvalue weighted by Crippen LogP contribution is -2.43. The molecule has 1 aromatic rings. The molecular formula is C19H27BrN2O5. The Bertz CT molecular complexity index is 607. The minimum atomic E-state index is -0.708. The molecule has 0 saturated carbocycles. The lowest BCUT2D eigenvalue weighted by molar-refractivity contribution is -0.145.